The van der Waals surface area contributed by atoms with Crippen LogP contribution in [0.5, 0.6) is 11.5 Å². The number of phenolic OH excluding ortho intramolecular Hbond substituents is 1. The van der Waals surface area contributed by atoms with Crippen molar-refractivity contribution < 1.29 is 19.6 Å². The Morgan fingerprint density at radius 3 is 2.74 bits per heavy atom. The van der Waals surface area contributed by atoms with Crippen molar-refractivity contribution in [3.63, 3.8) is 0 Å². The van der Waals surface area contributed by atoms with E-state index in [0.29, 0.717) is 16.9 Å². The number of carbonyl (C=O) groups is 1. The van der Waals surface area contributed by atoms with Crippen molar-refractivity contribution in [2.75, 3.05) is 7.11 Å². The molecule has 0 fully saturated rings. The number of hydrogen-bond acceptors (Lipinski definition) is 7. The first-order valence-electron chi connectivity index (χ1n) is 7.51. The summed E-state index contributed by atoms with van der Waals surface area (Å²) >= 11 is 0. The van der Waals surface area contributed by atoms with Gasteiger partial charge in [-0.15, -0.1) is 0 Å². The highest BCUT2D eigenvalue weighted by molar-refractivity contribution is 6.02. The van der Waals surface area contributed by atoms with Crippen molar-refractivity contribution >= 4 is 23.9 Å². The molecule has 0 saturated heterocycles. The molecule has 9 heteroatoms. The van der Waals surface area contributed by atoms with Crippen molar-refractivity contribution in [3.8, 4) is 17.6 Å². The SMILES string of the molecule is COc1ccc(C=NNC(=O)C(C#N)=Cc2cccc([N+](=O)[O-])c2)cc1O. The third kappa shape index (κ3) is 5.14. The summed E-state index contributed by atoms with van der Waals surface area (Å²) in [5, 5.41) is 33.3. The van der Waals surface area contributed by atoms with E-state index in [1.54, 1.807) is 12.1 Å². The lowest BCUT2D eigenvalue weighted by molar-refractivity contribution is -0.384. The van der Waals surface area contributed by atoms with Gasteiger partial charge < -0.3 is 9.84 Å². The summed E-state index contributed by atoms with van der Waals surface area (Å²) in [7, 11) is 1.42. The van der Waals surface area contributed by atoms with E-state index in [1.807, 2.05) is 0 Å². The van der Waals surface area contributed by atoms with Crippen LogP contribution in [-0.2, 0) is 4.79 Å². The van der Waals surface area contributed by atoms with Gasteiger partial charge in [-0.1, -0.05) is 12.1 Å². The lowest BCUT2D eigenvalue weighted by Crippen LogP contribution is -2.19. The van der Waals surface area contributed by atoms with Gasteiger partial charge in [-0.2, -0.15) is 10.4 Å². The zero-order valence-corrected chi connectivity index (χ0v) is 14.1. The van der Waals surface area contributed by atoms with Gasteiger partial charge in [0.25, 0.3) is 11.6 Å². The van der Waals surface area contributed by atoms with Crippen molar-refractivity contribution in [2.24, 2.45) is 5.10 Å². The number of amides is 1. The van der Waals surface area contributed by atoms with E-state index in [4.69, 9.17) is 10.00 Å². The molecule has 0 unspecified atom stereocenters. The maximum atomic E-state index is 12.0. The highest BCUT2D eigenvalue weighted by atomic mass is 16.6. The molecule has 0 spiro atoms. The largest absolute Gasteiger partial charge is 0.504 e. The molecule has 2 N–H and O–H groups in total. The number of nitrogens with one attached hydrogen (secondary N) is 1. The van der Waals surface area contributed by atoms with Crippen LogP contribution in [0.2, 0.25) is 0 Å². The molecule has 0 saturated carbocycles. The molecule has 2 aromatic carbocycles. The smallest absolute Gasteiger partial charge is 0.282 e. The summed E-state index contributed by atoms with van der Waals surface area (Å²) in [6, 6.07) is 11.8. The van der Waals surface area contributed by atoms with Gasteiger partial charge in [0.05, 0.1) is 18.2 Å². The van der Waals surface area contributed by atoms with Crippen LogP contribution in [0.3, 0.4) is 0 Å². The average Bonchev–Trinajstić information content (AvgIpc) is 2.66. The fraction of sp³-hybridized carbons (Fsp3) is 0.0556. The Bertz CT molecular complexity index is 976. The number of ether oxygens (including phenoxy) is 1. The van der Waals surface area contributed by atoms with Crippen LogP contribution in [0.25, 0.3) is 6.08 Å². The Morgan fingerprint density at radius 1 is 1.33 bits per heavy atom. The van der Waals surface area contributed by atoms with Crippen LogP contribution >= 0.6 is 0 Å². The van der Waals surface area contributed by atoms with Gasteiger partial charge in [-0.25, -0.2) is 5.43 Å². The maximum Gasteiger partial charge on any atom is 0.282 e. The molecule has 0 aliphatic heterocycles. The Hall–Kier alpha value is -4.19. The molecular weight excluding hydrogens is 352 g/mol. The van der Waals surface area contributed by atoms with Crippen molar-refractivity contribution in [1.29, 1.82) is 5.26 Å². The molecule has 0 atom stereocenters. The highest BCUT2D eigenvalue weighted by Crippen LogP contribution is 2.25. The lowest BCUT2D eigenvalue weighted by Gasteiger charge is -2.03. The van der Waals surface area contributed by atoms with Crippen LogP contribution in [0.4, 0.5) is 5.69 Å². The van der Waals surface area contributed by atoms with Crippen LogP contribution in [-0.4, -0.2) is 29.3 Å². The molecule has 9 nitrogen and oxygen atoms in total. The molecule has 0 aliphatic carbocycles. The summed E-state index contributed by atoms with van der Waals surface area (Å²) in [4.78, 5) is 22.2. The lowest BCUT2D eigenvalue weighted by atomic mass is 10.1. The van der Waals surface area contributed by atoms with E-state index < -0.39 is 10.8 Å². The second kappa shape index (κ2) is 8.77. The second-order valence-electron chi connectivity index (χ2n) is 5.15. The third-order valence-electron chi connectivity index (χ3n) is 3.34. The van der Waals surface area contributed by atoms with Gasteiger partial charge >= 0.3 is 0 Å². The van der Waals surface area contributed by atoms with Crippen molar-refractivity contribution in [2.45, 2.75) is 0 Å². The summed E-state index contributed by atoms with van der Waals surface area (Å²) in [6.07, 6.45) is 2.50. The average molecular weight is 366 g/mol. The number of benzene rings is 2. The number of nitrogens with zero attached hydrogens (tertiary/aromatic N) is 3. The van der Waals surface area contributed by atoms with E-state index in [2.05, 4.69) is 10.5 Å². The van der Waals surface area contributed by atoms with Crippen LogP contribution < -0.4 is 10.2 Å². The fourth-order valence-electron chi connectivity index (χ4n) is 2.06. The Labute approximate surface area is 154 Å². The van der Waals surface area contributed by atoms with Gasteiger partial charge in [0.2, 0.25) is 0 Å². The third-order valence-corrected chi connectivity index (χ3v) is 3.34. The molecule has 0 heterocycles. The summed E-state index contributed by atoms with van der Waals surface area (Å²) in [6.45, 7) is 0. The van der Waals surface area contributed by atoms with Crippen molar-refractivity contribution in [1.82, 2.24) is 5.43 Å². The van der Waals surface area contributed by atoms with Crippen LogP contribution in [0.1, 0.15) is 11.1 Å². The first-order valence-corrected chi connectivity index (χ1v) is 7.51. The first kappa shape index (κ1) is 19.1. The number of nitriles is 1. The number of non-ortho nitro benzene ring substituents is 1. The Balaban J connectivity index is 2.11. The molecule has 27 heavy (non-hydrogen) atoms. The topological polar surface area (TPSA) is 138 Å². The van der Waals surface area contributed by atoms with Gasteiger partial charge in [0.1, 0.15) is 11.6 Å². The maximum absolute atomic E-state index is 12.0. The predicted octanol–water partition coefficient (Wildman–Crippen LogP) is 2.37. The zero-order chi connectivity index (χ0) is 19.8. The summed E-state index contributed by atoms with van der Waals surface area (Å²) in [5.74, 6) is -0.572. The number of carbonyl (C=O) groups excluding carboxylic acids is 1. The predicted molar refractivity (Wildman–Crippen MR) is 97.1 cm³/mol. The summed E-state index contributed by atoms with van der Waals surface area (Å²) in [5.41, 5.74) is 2.58. The zero-order valence-electron chi connectivity index (χ0n) is 14.1. The molecule has 0 aromatic heterocycles. The molecule has 2 aromatic rings. The summed E-state index contributed by atoms with van der Waals surface area (Å²) < 4.78 is 4.92. The fourth-order valence-corrected chi connectivity index (χ4v) is 2.06. The van der Waals surface area contributed by atoms with E-state index in [1.165, 1.54) is 55.8 Å². The van der Waals surface area contributed by atoms with E-state index in [9.17, 15) is 20.0 Å². The number of hydrazone groups is 1. The number of nitro groups is 1. The number of hydrogen-bond donors (Lipinski definition) is 2. The normalized spacial score (nSPS) is 11.0. The van der Waals surface area contributed by atoms with Crippen molar-refractivity contribution in [3.05, 3.63) is 69.3 Å². The molecular formula is C18H14N4O5. The van der Waals surface area contributed by atoms with Gasteiger partial charge in [-0.3, -0.25) is 14.9 Å². The molecule has 0 aliphatic rings. The molecule has 2 rings (SSSR count). The standard InChI is InChI=1S/C18H14N4O5/c1-27-17-6-5-13(9-16(17)23)11-20-21-18(24)14(10-19)7-12-3-2-4-15(8-12)22(25)26/h2-9,11,23H,1H3,(H,21,24). The molecule has 0 radical (unpaired) electrons. The van der Waals surface area contributed by atoms with Crippen LogP contribution in [0.15, 0.2) is 53.1 Å². The minimum absolute atomic E-state index is 0.0870. The number of nitro benzene ring substituents is 1. The minimum atomic E-state index is -0.780. The first-order chi connectivity index (χ1) is 12.9. The quantitative estimate of drug-likeness (QED) is 0.265. The van der Waals surface area contributed by atoms with Gasteiger partial charge in [0, 0.05) is 12.1 Å². The number of aromatic hydroxyl groups is 1. The van der Waals surface area contributed by atoms with Gasteiger partial charge in [0.15, 0.2) is 11.5 Å². The Kier molecular flexibility index (Phi) is 6.22. The van der Waals surface area contributed by atoms with Crippen LogP contribution in [0, 0.1) is 21.4 Å². The Morgan fingerprint density at radius 2 is 2.11 bits per heavy atom. The molecule has 136 valence electrons. The van der Waals surface area contributed by atoms with E-state index in [0.717, 1.165) is 0 Å². The number of methoxy groups -OCH3 is 1. The number of phenols is 1. The van der Waals surface area contributed by atoms with E-state index in [-0.39, 0.29) is 17.0 Å². The molecule has 1 amide bonds. The second-order valence-corrected chi connectivity index (χ2v) is 5.15. The van der Waals surface area contributed by atoms with Gasteiger partial charge in [-0.05, 0) is 35.4 Å². The monoisotopic (exact) mass is 366 g/mol. The van der Waals surface area contributed by atoms with E-state index >= 15 is 0 Å². The number of rotatable bonds is 6. The molecule has 0 bridgehead atoms. The highest BCUT2D eigenvalue weighted by Gasteiger charge is 2.10. The minimum Gasteiger partial charge on any atom is -0.504 e.